The molecule has 288 valence electrons. The van der Waals surface area contributed by atoms with Gasteiger partial charge in [-0.2, -0.15) is 0 Å². The second kappa shape index (κ2) is 15.6. The third-order valence-corrected chi connectivity index (χ3v) is 16.8. The molecule has 7 rings (SSSR count). The number of carbonyl (C=O) groups is 3. The molecule has 2 fully saturated rings. The van der Waals surface area contributed by atoms with E-state index in [4.69, 9.17) is 14.2 Å². The topological polar surface area (TPSA) is 118 Å². The van der Waals surface area contributed by atoms with Gasteiger partial charge in [0.15, 0.2) is 5.60 Å². The highest BCUT2D eigenvalue weighted by Gasteiger charge is 2.66. The fourth-order valence-corrected chi connectivity index (χ4v) is 13.5. The number of benzene rings is 4. The van der Waals surface area contributed by atoms with E-state index >= 15 is 4.79 Å². The van der Waals surface area contributed by atoms with Crippen molar-refractivity contribution in [1.29, 1.82) is 0 Å². The van der Waals surface area contributed by atoms with Crippen LogP contribution in [0.4, 0.5) is 11.4 Å². The molecule has 0 radical (unpaired) electrons. The van der Waals surface area contributed by atoms with Gasteiger partial charge < -0.3 is 34.4 Å². The van der Waals surface area contributed by atoms with Crippen LogP contribution < -0.4 is 24.9 Å². The van der Waals surface area contributed by atoms with Crippen molar-refractivity contribution in [3.05, 3.63) is 112 Å². The molecule has 10 nitrogen and oxygen atoms in total. The largest absolute Gasteiger partial charge is 0.497 e. The van der Waals surface area contributed by atoms with Crippen molar-refractivity contribution < 1.29 is 33.7 Å². The number of nitrogens with zero attached hydrogens (tertiary/aromatic N) is 2. The van der Waals surface area contributed by atoms with Crippen LogP contribution in [0.3, 0.4) is 0 Å². The van der Waals surface area contributed by atoms with Crippen LogP contribution >= 0.6 is 15.9 Å². The fourth-order valence-electron chi connectivity index (χ4n) is 9.16. The molecule has 4 aromatic rings. The summed E-state index contributed by atoms with van der Waals surface area (Å²) in [4.78, 5) is 46.0. The summed E-state index contributed by atoms with van der Waals surface area (Å²) in [5.74, 6) is 0.657. The lowest BCUT2D eigenvalue weighted by molar-refractivity contribution is -0.150. The van der Waals surface area contributed by atoms with Crippen LogP contribution in [-0.2, 0) is 26.5 Å². The summed E-state index contributed by atoms with van der Waals surface area (Å²) in [6, 6.07) is 28.2. The molecule has 3 heterocycles. The molecule has 55 heavy (non-hydrogen) atoms. The zero-order valence-corrected chi connectivity index (χ0v) is 34.5. The summed E-state index contributed by atoms with van der Waals surface area (Å²) < 4.78 is 18.7. The lowest BCUT2D eigenvalue weighted by Crippen LogP contribution is -2.52. The third-order valence-electron chi connectivity index (χ3n) is 12.0. The Morgan fingerprint density at radius 3 is 2.35 bits per heavy atom. The Bertz CT molecular complexity index is 2080. The highest BCUT2D eigenvalue weighted by atomic mass is 79.9. The second-order valence-corrected chi connectivity index (χ2v) is 21.0. The Balaban J connectivity index is 1.23. The van der Waals surface area contributed by atoms with Gasteiger partial charge in [-0.1, -0.05) is 65.4 Å². The summed E-state index contributed by atoms with van der Waals surface area (Å²) in [6.45, 7) is 7.48. The third kappa shape index (κ3) is 7.09. The van der Waals surface area contributed by atoms with E-state index in [1.165, 1.54) is 5.19 Å². The second-order valence-electron chi connectivity index (χ2n) is 15.4. The first-order valence-electron chi connectivity index (χ1n) is 18.8. The van der Waals surface area contributed by atoms with E-state index in [9.17, 15) is 14.7 Å². The number of hydrogen-bond donors (Lipinski definition) is 2. The number of halogens is 1. The molecule has 0 aromatic heterocycles. The highest BCUT2D eigenvalue weighted by molar-refractivity contribution is 9.10. The van der Waals surface area contributed by atoms with Crippen LogP contribution in [0.2, 0.25) is 18.6 Å². The Labute approximate surface area is 331 Å². The fraction of sp³-hybridized carbons (Fsp3) is 0.372. The quantitative estimate of drug-likeness (QED) is 0.159. The zero-order chi connectivity index (χ0) is 39.1. The van der Waals surface area contributed by atoms with E-state index in [0.717, 1.165) is 39.9 Å². The molecule has 1 spiro atoms. The normalized spacial score (nSPS) is 23.3. The maximum atomic E-state index is 15.3. The minimum atomic E-state index is -2.48. The number of likely N-dealkylation sites (tertiary alicyclic amines) is 1. The Morgan fingerprint density at radius 1 is 0.982 bits per heavy atom. The molecule has 0 unspecified atom stereocenters. The predicted molar refractivity (Wildman–Crippen MR) is 219 cm³/mol. The molecule has 0 aliphatic carbocycles. The van der Waals surface area contributed by atoms with E-state index in [1.54, 1.807) is 48.3 Å². The number of methoxy groups -OCH3 is 2. The standard InChI is InChI=1S/C43H48BrN3O7Si/c1-27-40(55(4,5)35-18-16-34(53-3)17-19-35)38(24-39(49)46-21-7-10-32(46)26-48)54-43(27)36-23-30(44)13-20-37(36)47(42(43)51)25-28-8-6-9-31(22-28)45-41(50)29-11-14-33(52-2)15-12-29/h6,8-9,11-20,22-23,27,32,38,40,48H,7,10,21,24-26H2,1-5H3,(H,45,50)/t27-,32-,38+,40-,43+/m0/s1. The van der Waals surface area contributed by atoms with Crippen LogP contribution in [0.1, 0.15) is 47.7 Å². The number of fused-ring (bicyclic) bond motifs is 2. The summed E-state index contributed by atoms with van der Waals surface area (Å²) in [5, 5.41) is 14.2. The van der Waals surface area contributed by atoms with Gasteiger partial charge >= 0.3 is 0 Å². The molecule has 3 aliphatic heterocycles. The number of ether oxygens (including phenoxy) is 3. The number of amides is 3. The van der Waals surface area contributed by atoms with Gasteiger partial charge in [0.2, 0.25) is 5.91 Å². The van der Waals surface area contributed by atoms with Crippen molar-refractivity contribution in [1.82, 2.24) is 4.90 Å². The van der Waals surface area contributed by atoms with Gasteiger partial charge in [0.25, 0.3) is 11.8 Å². The number of rotatable bonds is 11. The van der Waals surface area contributed by atoms with Gasteiger partial charge in [0.1, 0.15) is 11.5 Å². The Hall–Kier alpha value is -4.49. The Morgan fingerprint density at radius 2 is 1.67 bits per heavy atom. The summed E-state index contributed by atoms with van der Waals surface area (Å²) in [6.07, 6.45) is 1.19. The van der Waals surface area contributed by atoms with E-state index in [2.05, 4.69) is 53.4 Å². The van der Waals surface area contributed by atoms with Crippen LogP contribution in [-0.4, -0.2) is 75.3 Å². The van der Waals surface area contributed by atoms with Gasteiger partial charge in [-0.25, -0.2) is 0 Å². The molecule has 3 amide bonds. The van der Waals surface area contributed by atoms with Gasteiger partial charge in [0, 0.05) is 33.7 Å². The summed E-state index contributed by atoms with van der Waals surface area (Å²) in [7, 11) is 0.747. The molecule has 2 saturated heterocycles. The number of aliphatic hydroxyl groups is 1. The number of anilines is 2. The molecule has 4 aromatic carbocycles. The number of nitrogens with one attached hydrogen (secondary N) is 1. The van der Waals surface area contributed by atoms with E-state index in [-0.39, 0.29) is 54.8 Å². The van der Waals surface area contributed by atoms with Crippen molar-refractivity contribution in [2.24, 2.45) is 5.92 Å². The molecular weight excluding hydrogens is 778 g/mol. The minimum absolute atomic E-state index is 0.0550. The van der Waals surface area contributed by atoms with E-state index in [0.29, 0.717) is 23.5 Å². The molecule has 12 heteroatoms. The maximum absolute atomic E-state index is 15.3. The lowest BCUT2D eigenvalue weighted by atomic mass is 9.82. The van der Waals surface area contributed by atoms with Crippen LogP contribution in [0.15, 0.2) is 95.5 Å². The van der Waals surface area contributed by atoms with Crippen LogP contribution in [0, 0.1) is 5.92 Å². The van der Waals surface area contributed by atoms with Crippen LogP contribution in [0.5, 0.6) is 11.5 Å². The average Bonchev–Trinajstić information content (AvgIpc) is 3.85. The molecule has 5 atom stereocenters. The predicted octanol–water partition coefficient (Wildman–Crippen LogP) is 6.85. The molecule has 0 bridgehead atoms. The maximum Gasteiger partial charge on any atom is 0.264 e. The van der Waals surface area contributed by atoms with Gasteiger partial charge in [-0.3, -0.25) is 14.4 Å². The minimum Gasteiger partial charge on any atom is -0.497 e. The van der Waals surface area contributed by atoms with Gasteiger partial charge in [-0.05, 0) is 90.7 Å². The summed E-state index contributed by atoms with van der Waals surface area (Å²) in [5.41, 5.74) is 2.00. The molecule has 3 aliphatic rings. The number of hydrogen-bond acceptors (Lipinski definition) is 7. The average molecular weight is 827 g/mol. The van der Waals surface area contributed by atoms with E-state index < -0.39 is 19.8 Å². The SMILES string of the molecule is COc1ccc(C(=O)Nc2cccc(CN3C(=O)[C@]4(O[C@H](CC(=O)N5CCC[C@H]5CO)[C@@H]([Si](C)(C)c5ccc(OC)cc5)[C@@H]4C)c4cc(Br)ccc43)c2)cc1. The molecule has 0 saturated carbocycles. The van der Waals surface area contributed by atoms with Gasteiger partial charge in [-0.15, -0.1) is 0 Å². The van der Waals surface area contributed by atoms with Crippen molar-refractivity contribution in [3.8, 4) is 11.5 Å². The first-order chi connectivity index (χ1) is 26.4. The molecular formula is C43H48BrN3O7Si. The first kappa shape index (κ1) is 38.8. The lowest BCUT2D eigenvalue weighted by Gasteiger charge is -2.37. The smallest absolute Gasteiger partial charge is 0.264 e. The van der Waals surface area contributed by atoms with Crippen molar-refractivity contribution >= 4 is 58.3 Å². The zero-order valence-electron chi connectivity index (χ0n) is 31.9. The summed E-state index contributed by atoms with van der Waals surface area (Å²) >= 11 is 3.68. The van der Waals surface area contributed by atoms with Crippen LogP contribution in [0.25, 0.3) is 0 Å². The van der Waals surface area contributed by atoms with Crippen molar-refractivity contribution in [2.45, 2.75) is 69.1 Å². The van der Waals surface area contributed by atoms with Gasteiger partial charge in [0.05, 0.1) is 59.7 Å². The van der Waals surface area contributed by atoms with Crippen molar-refractivity contribution in [3.63, 3.8) is 0 Å². The highest BCUT2D eigenvalue weighted by Crippen LogP contribution is 2.60. The monoisotopic (exact) mass is 825 g/mol. The first-order valence-corrected chi connectivity index (χ1v) is 22.7. The van der Waals surface area contributed by atoms with E-state index in [1.807, 2.05) is 54.6 Å². The number of aliphatic hydroxyl groups excluding tert-OH is 1. The Kier molecular flexibility index (Phi) is 11.0. The van der Waals surface area contributed by atoms with Crippen molar-refractivity contribution in [2.75, 3.05) is 37.6 Å². The molecule has 2 N–H and O–H groups in total. The number of carbonyl (C=O) groups excluding carboxylic acids is 3.